The first-order valence-corrected chi connectivity index (χ1v) is 9.12. The number of halogens is 3. The Morgan fingerprint density at radius 2 is 1.81 bits per heavy atom. The largest absolute Gasteiger partial charge is 0.463 e. The van der Waals surface area contributed by atoms with Crippen molar-refractivity contribution in [2.24, 2.45) is 5.92 Å². The third-order valence-electron chi connectivity index (χ3n) is 4.06. The molecule has 0 fully saturated rings. The van der Waals surface area contributed by atoms with E-state index in [1.54, 1.807) is 7.05 Å². The van der Waals surface area contributed by atoms with E-state index in [9.17, 15) is 13.2 Å². The van der Waals surface area contributed by atoms with E-state index in [1.807, 2.05) is 38.1 Å². The van der Waals surface area contributed by atoms with E-state index in [0.29, 0.717) is 12.3 Å². The maximum Gasteiger partial charge on any atom is 0.421 e. The zero-order valence-corrected chi connectivity index (χ0v) is 16.2. The van der Waals surface area contributed by atoms with Gasteiger partial charge in [-0.1, -0.05) is 39.3 Å². The number of hydrogen-bond acceptors (Lipinski definition) is 4. The van der Waals surface area contributed by atoms with E-state index in [2.05, 4.69) is 16.9 Å². The van der Waals surface area contributed by atoms with Gasteiger partial charge in [0.2, 0.25) is 0 Å². The number of alkyl halides is 3. The van der Waals surface area contributed by atoms with Crippen molar-refractivity contribution >= 4 is 11.5 Å². The molecule has 0 N–H and O–H groups in total. The van der Waals surface area contributed by atoms with Crippen LogP contribution >= 0.6 is 0 Å². The predicted molar refractivity (Wildman–Crippen MR) is 100 cm³/mol. The van der Waals surface area contributed by atoms with Crippen molar-refractivity contribution in [2.75, 3.05) is 18.6 Å². The summed E-state index contributed by atoms with van der Waals surface area (Å²) < 4.78 is 45.7. The van der Waals surface area contributed by atoms with Gasteiger partial charge in [-0.2, -0.15) is 18.2 Å². The fourth-order valence-electron chi connectivity index (χ4n) is 2.51. The van der Waals surface area contributed by atoms with Crippen LogP contribution in [0.25, 0.3) is 0 Å². The fourth-order valence-corrected chi connectivity index (χ4v) is 2.51. The second-order valence-corrected chi connectivity index (χ2v) is 6.92. The van der Waals surface area contributed by atoms with Crippen molar-refractivity contribution in [3.63, 3.8) is 0 Å². The first-order chi connectivity index (χ1) is 12.7. The highest BCUT2D eigenvalue weighted by Gasteiger charge is 2.36. The summed E-state index contributed by atoms with van der Waals surface area (Å²) in [5.74, 6) is -0.00898. The van der Waals surface area contributed by atoms with Crippen LogP contribution in [0.2, 0.25) is 0 Å². The molecular weight excluding hydrogens is 355 g/mol. The first kappa shape index (κ1) is 21.0. The summed E-state index contributed by atoms with van der Waals surface area (Å²) in [5.41, 5.74) is 0.889. The molecule has 0 amide bonds. The molecule has 27 heavy (non-hydrogen) atoms. The van der Waals surface area contributed by atoms with Gasteiger partial charge in [-0.15, -0.1) is 0 Å². The molecule has 0 aliphatic rings. The first-order valence-electron chi connectivity index (χ1n) is 9.12. The van der Waals surface area contributed by atoms with Crippen LogP contribution < -0.4 is 9.64 Å². The van der Waals surface area contributed by atoms with Gasteiger partial charge in [-0.25, -0.2) is 4.98 Å². The van der Waals surface area contributed by atoms with Crippen molar-refractivity contribution in [3.05, 3.63) is 41.6 Å². The minimum Gasteiger partial charge on any atom is -0.463 e. The van der Waals surface area contributed by atoms with Gasteiger partial charge in [-0.3, -0.25) is 0 Å². The molecule has 0 spiro atoms. The van der Waals surface area contributed by atoms with E-state index < -0.39 is 11.7 Å². The Labute approximate surface area is 158 Å². The molecule has 1 heterocycles. The molecule has 148 valence electrons. The van der Waals surface area contributed by atoms with E-state index in [1.165, 1.54) is 4.90 Å². The van der Waals surface area contributed by atoms with Crippen molar-refractivity contribution in [3.8, 4) is 6.01 Å². The lowest BCUT2D eigenvalue weighted by molar-refractivity contribution is -0.137. The Balaban J connectivity index is 2.33. The highest BCUT2D eigenvalue weighted by atomic mass is 19.4. The summed E-state index contributed by atoms with van der Waals surface area (Å²) in [6.45, 7) is 6.34. The third-order valence-corrected chi connectivity index (χ3v) is 4.06. The van der Waals surface area contributed by atoms with Gasteiger partial charge < -0.3 is 9.64 Å². The number of aryl methyl sites for hydroxylation is 1. The molecule has 4 nitrogen and oxygen atoms in total. The van der Waals surface area contributed by atoms with Crippen LogP contribution in [0.15, 0.2) is 30.5 Å². The van der Waals surface area contributed by atoms with Gasteiger partial charge >= 0.3 is 12.2 Å². The minimum absolute atomic E-state index is 0.0573. The number of nitrogens with zero attached hydrogens (tertiary/aromatic N) is 3. The van der Waals surface area contributed by atoms with Gasteiger partial charge in [0.25, 0.3) is 0 Å². The van der Waals surface area contributed by atoms with Gasteiger partial charge in [0, 0.05) is 18.9 Å². The molecule has 0 saturated heterocycles. The Kier molecular flexibility index (Phi) is 7.05. The number of benzene rings is 1. The van der Waals surface area contributed by atoms with Crippen LogP contribution in [-0.2, 0) is 12.6 Å². The highest BCUT2D eigenvalue weighted by Crippen LogP contribution is 2.37. The van der Waals surface area contributed by atoms with Gasteiger partial charge in [0.1, 0.15) is 5.56 Å². The average molecular weight is 381 g/mol. The van der Waals surface area contributed by atoms with Crippen molar-refractivity contribution < 1.29 is 17.9 Å². The van der Waals surface area contributed by atoms with E-state index in [0.717, 1.165) is 31.0 Å². The number of rotatable bonds is 8. The number of ether oxygens (including phenoxy) is 1. The van der Waals surface area contributed by atoms with Crippen molar-refractivity contribution in [2.45, 2.75) is 46.2 Å². The molecule has 0 saturated carbocycles. The molecule has 1 aromatic carbocycles. The normalized spacial score (nSPS) is 11.7. The molecule has 2 aromatic rings. The summed E-state index contributed by atoms with van der Waals surface area (Å²) in [4.78, 5) is 9.17. The molecule has 0 unspecified atom stereocenters. The quantitative estimate of drug-likeness (QED) is 0.593. The van der Waals surface area contributed by atoms with Gasteiger partial charge in [0.05, 0.1) is 6.61 Å². The standard InChI is InChI=1S/C20H26F3N3O/c1-5-6-7-15-8-10-16(11-9-15)26(4)18-17(20(21,22)23)12-24-19(25-18)27-13-14(2)3/h8-12,14H,5-7,13H2,1-4H3. The van der Waals surface area contributed by atoms with Crippen LogP contribution in [-0.4, -0.2) is 23.6 Å². The summed E-state index contributed by atoms with van der Waals surface area (Å²) in [7, 11) is 1.56. The Hall–Kier alpha value is -2.31. The predicted octanol–water partition coefficient (Wildman–Crippen LogP) is 5.64. The van der Waals surface area contributed by atoms with Crippen LogP contribution in [0.3, 0.4) is 0 Å². The smallest absolute Gasteiger partial charge is 0.421 e. The van der Waals surface area contributed by atoms with E-state index in [-0.39, 0.29) is 17.7 Å². The van der Waals surface area contributed by atoms with Crippen LogP contribution in [0.4, 0.5) is 24.7 Å². The number of aromatic nitrogens is 2. The molecule has 0 aliphatic carbocycles. The molecule has 0 radical (unpaired) electrons. The SMILES string of the molecule is CCCCc1ccc(N(C)c2nc(OCC(C)C)ncc2C(F)(F)F)cc1. The molecule has 0 bridgehead atoms. The van der Waals surface area contributed by atoms with Crippen molar-refractivity contribution in [1.82, 2.24) is 9.97 Å². The number of hydrogen-bond donors (Lipinski definition) is 0. The lowest BCUT2D eigenvalue weighted by Gasteiger charge is -2.23. The minimum atomic E-state index is -4.55. The average Bonchev–Trinajstić information content (AvgIpc) is 2.63. The zero-order valence-electron chi connectivity index (χ0n) is 16.2. The summed E-state index contributed by atoms with van der Waals surface area (Å²) in [5, 5.41) is 0. The molecular formula is C20H26F3N3O. The summed E-state index contributed by atoms with van der Waals surface area (Å²) in [6, 6.07) is 7.43. The van der Waals surface area contributed by atoms with E-state index >= 15 is 0 Å². The molecule has 2 rings (SSSR count). The van der Waals surface area contributed by atoms with Crippen LogP contribution in [0.1, 0.15) is 44.7 Å². The topological polar surface area (TPSA) is 38.2 Å². The van der Waals surface area contributed by atoms with Crippen LogP contribution in [0, 0.1) is 5.92 Å². The molecule has 1 aromatic heterocycles. The Morgan fingerprint density at radius 3 is 2.37 bits per heavy atom. The van der Waals surface area contributed by atoms with Crippen LogP contribution in [0.5, 0.6) is 6.01 Å². The van der Waals surface area contributed by atoms with Gasteiger partial charge in [-0.05, 0) is 36.5 Å². The fraction of sp³-hybridized carbons (Fsp3) is 0.500. The van der Waals surface area contributed by atoms with Crippen molar-refractivity contribution in [1.29, 1.82) is 0 Å². The van der Waals surface area contributed by atoms with Gasteiger partial charge in [0.15, 0.2) is 5.82 Å². The molecule has 0 atom stereocenters. The summed E-state index contributed by atoms with van der Waals surface area (Å²) in [6.07, 6.45) is -0.646. The molecule has 0 aliphatic heterocycles. The summed E-state index contributed by atoms with van der Waals surface area (Å²) >= 11 is 0. The maximum atomic E-state index is 13.4. The third kappa shape index (κ3) is 5.84. The monoisotopic (exact) mass is 381 g/mol. The number of anilines is 2. The maximum absolute atomic E-state index is 13.4. The Morgan fingerprint density at radius 1 is 1.15 bits per heavy atom. The van der Waals surface area contributed by atoms with E-state index in [4.69, 9.17) is 4.74 Å². The number of unbranched alkanes of at least 4 members (excludes halogenated alkanes) is 1. The zero-order chi connectivity index (χ0) is 20.0. The second-order valence-electron chi connectivity index (χ2n) is 6.92. The second kappa shape index (κ2) is 9.06. The lowest BCUT2D eigenvalue weighted by Crippen LogP contribution is -2.20. The lowest BCUT2D eigenvalue weighted by atomic mass is 10.1. The highest BCUT2D eigenvalue weighted by molar-refractivity contribution is 5.63. The molecule has 7 heteroatoms. The Bertz CT molecular complexity index is 730.